The van der Waals surface area contributed by atoms with Gasteiger partial charge in [0.05, 0.1) is 5.56 Å². The van der Waals surface area contributed by atoms with Crippen molar-refractivity contribution < 1.29 is 9.18 Å². The van der Waals surface area contributed by atoms with E-state index in [-0.39, 0.29) is 17.2 Å². The molecule has 0 spiro atoms. The molecule has 5 heteroatoms. The Hall–Kier alpha value is -2.01. The molecule has 104 valence electrons. The normalized spacial score (nSPS) is 10.2. The molecule has 0 saturated heterocycles. The van der Waals surface area contributed by atoms with E-state index in [0.29, 0.717) is 6.54 Å². The highest BCUT2D eigenvalue weighted by Crippen LogP contribution is 2.16. The Morgan fingerprint density at radius 1 is 1.20 bits per heavy atom. The zero-order valence-corrected chi connectivity index (χ0v) is 11.6. The van der Waals surface area contributed by atoms with Crippen molar-refractivity contribution >= 4 is 23.4 Å². The predicted molar refractivity (Wildman–Crippen MR) is 80.3 cm³/mol. The molecule has 0 aliphatic heterocycles. The number of carbonyl (C=O) groups is 1. The fourth-order valence-corrected chi connectivity index (χ4v) is 2.46. The summed E-state index contributed by atoms with van der Waals surface area (Å²) in [5.41, 5.74) is 6.11. The van der Waals surface area contributed by atoms with Crippen molar-refractivity contribution in [1.29, 1.82) is 0 Å². The van der Waals surface area contributed by atoms with Crippen molar-refractivity contribution in [2.45, 2.75) is 4.90 Å². The number of benzene rings is 2. The van der Waals surface area contributed by atoms with Crippen molar-refractivity contribution in [2.24, 2.45) is 0 Å². The van der Waals surface area contributed by atoms with Crippen LogP contribution in [-0.4, -0.2) is 18.2 Å². The third-order valence-electron chi connectivity index (χ3n) is 2.66. The van der Waals surface area contributed by atoms with Gasteiger partial charge in [-0.2, -0.15) is 0 Å². The maximum absolute atomic E-state index is 13.1. The van der Waals surface area contributed by atoms with Gasteiger partial charge in [-0.15, -0.1) is 11.8 Å². The van der Waals surface area contributed by atoms with E-state index in [1.54, 1.807) is 11.8 Å². The lowest BCUT2D eigenvalue weighted by molar-refractivity contribution is 0.0956. The van der Waals surface area contributed by atoms with E-state index in [4.69, 9.17) is 5.73 Å². The number of amides is 1. The highest BCUT2D eigenvalue weighted by molar-refractivity contribution is 7.99. The second-order valence-electron chi connectivity index (χ2n) is 4.15. The molecule has 2 aromatic carbocycles. The Bertz CT molecular complexity index is 590. The van der Waals surface area contributed by atoms with E-state index < -0.39 is 5.82 Å². The number of nitrogen functional groups attached to an aromatic ring is 1. The molecule has 3 N–H and O–H groups in total. The molecule has 2 rings (SSSR count). The first-order valence-corrected chi connectivity index (χ1v) is 7.16. The number of carbonyl (C=O) groups excluding carboxylic acids is 1. The zero-order valence-electron chi connectivity index (χ0n) is 10.8. The molecule has 0 fully saturated rings. The average Bonchev–Trinajstić information content (AvgIpc) is 2.47. The number of nitrogens with two attached hydrogens (primary N) is 1. The summed E-state index contributed by atoms with van der Waals surface area (Å²) in [6.07, 6.45) is 0. The van der Waals surface area contributed by atoms with Crippen molar-refractivity contribution in [3.05, 3.63) is 59.9 Å². The summed E-state index contributed by atoms with van der Waals surface area (Å²) >= 11 is 1.64. The van der Waals surface area contributed by atoms with Crippen LogP contribution in [0, 0.1) is 5.82 Å². The van der Waals surface area contributed by atoms with Gasteiger partial charge < -0.3 is 11.1 Å². The summed E-state index contributed by atoms with van der Waals surface area (Å²) in [4.78, 5) is 13.0. The Morgan fingerprint density at radius 3 is 2.70 bits per heavy atom. The smallest absolute Gasteiger partial charge is 0.253 e. The van der Waals surface area contributed by atoms with Gasteiger partial charge in [-0.3, -0.25) is 4.79 Å². The van der Waals surface area contributed by atoms with Crippen LogP contribution in [0.4, 0.5) is 10.1 Å². The minimum Gasteiger partial charge on any atom is -0.398 e. The summed E-state index contributed by atoms with van der Waals surface area (Å²) in [6.45, 7) is 0.494. The molecule has 20 heavy (non-hydrogen) atoms. The Balaban J connectivity index is 1.82. The largest absolute Gasteiger partial charge is 0.398 e. The lowest BCUT2D eigenvalue weighted by atomic mass is 10.1. The van der Waals surface area contributed by atoms with Crippen molar-refractivity contribution in [2.75, 3.05) is 18.0 Å². The van der Waals surface area contributed by atoms with E-state index in [1.807, 2.05) is 30.3 Å². The fourth-order valence-electron chi connectivity index (χ4n) is 1.67. The minimum atomic E-state index is -0.469. The van der Waals surface area contributed by atoms with Gasteiger partial charge in [0.15, 0.2) is 0 Å². The molecule has 0 aliphatic carbocycles. The van der Waals surface area contributed by atoms with E-state index in [1.165, 1.54) is 12.1 Å². The molecule has 0 bridgehead atoms. The topological polar surface area (TPSA) is 55.1 Å². The van der Waals surface area contributed by atoms with Gasteiger partial charge in [-0.25, -0.2) is 4.39 Å². The van der Waals surface area contributed by atoms with Crippen LogP contribution in [-0.2, 0) is 0 Å². The maximum Gasteiger partial charge on any atom is 0.253 e. The number of nitrogens with one attached hydrogen (secondary N) is 1. The lowest BCUT2D eigenvalue weighted by Crippen LogP contribution is -2.26. The van der Waals surface area contributed by atoms with Crippen LogP contribution in [0.5, 0.6) is 0 Å². The number of thioether (sulfide) groups is 1. The molecule has 0 atom stereocenters. The van der Waals surface area contributed by atoms with Gasteiger partial charge in [-0.1, -0.05) is 18.2 Å². The van der Waals surface area contributed by atoms with Crippen molar-refractivity contribution in [1.82, 2.24) is 5.32 Å². The molecule has 0 aliphatic rings. The number of hydrogen-bond donors (Lipinski definition) is 2. The van der Waals surface area contributed by atoms with E-state index >= 15 is 0 Å². The lowest BCUT2D eigenvalue weighted by Gasteiger charge is -2.07. The number of anilines is 1. The highest BCUT2D eigenvalue weighted by Gasteiger charge is 2.10. The van der Waals surface area contributed by atoms with Crippen LogP contribution in [0.3, 0.4) is 0 Å². The first kappa shape index (κ1) is 14.4. The number of halogens is 1. The van der Waals surface area contributed by atoms with Crippen LogP contribution in [0.25, 0.3) is 0 Å². The van der Waals surface area contributed by atoms with Crippen molar-refractivity contribution in [3.63, 3.8) is 0 Å². The number of rotatable bonds is 5. The number of hydrogen-bond acceptors (Lipinski definition) is 3. The summed E-state index contributed by atoms with van der Waals surface area (Å²) in [6, 6.07) is 13.7. The van der Waals surface area contributed by atoms with Crippen LogP contribution >= 0.6 is 11.8 Å². The van der Waals surface area contributed by atoms with E-state index in [2.05, 4.69) is 5.32 Å². The van der Waals surface area contributed by atoms with Gasteiger partial charge >= 0.3 is 0 Å². The van der Waals surface area contributed by atoms with Gasteiger partial charge in [0, 0.05) is 22.9 Å². The molecule has 0 aromatic heterocycles. The molecule has 2 aromatic rings. The second-order valence-corrected chi connectivity index (χ2v) is 5.32. The Morgan fingerprint density at radius 2 is 1.95 bits per heavy atom. The van der Waals surface area contributed by atoms with Gasteiger partial charge in [0.25, 0.3) is 5.91 Å². The molecule has 1 amide bonds. The van der Waals surface area contributed by atoms with E-state index in [0.717, 1.165) is 16.7 Å². The summed E-state index contributed by atoms with van der Waals surface area (Å²) < 4.78 is 13.1. The van der Waals surface area contributed by atoms with Gasteiger partial charge in [0.1, 0.15) is 5.82 Å². The first-order chi connectivity index (χ1) is 9.66. The monoisotopic (exact) mass is 290 g/mol. The third-order valence-corrected chi connectivity index (χ3v) is 3.67. The van der Waals surface area contributed by atoms with Gasteiger partial charge in [-0.05, 0) is 30.3 Å². The average molecular weight is 290 g/mol. The third kappa shape index (κ3) is 3.99. The van der Waals surface area contributed by atoms with E-state index in [9.17, 15) is 9.18 Å². The van der Waals surface area contributed by atoms with Crippen LogP contribution in [0.15, 0.2) is 53.4 Å². The zero-order chi connectivity index (χ0) is 14.4. The fraction of sp³-hybridized carbons (Fsp3) is 0.133. The quantitative estimate of drug-likeness (QED) is 0.506. The SMILES string of the molecule is Nc1ccc(F)cc1C(=O)NCCSc1ccccc1. The Kier molecular flexibility index (Phi) is 5.01. The molecular weight excluding hydrogens is 275 g/mol. The molecule has 3 nitrogen and oxygen atoms in total. The molecular formula is C15H15FN2OS. The Labute approximate surface area is 121 Å². The molecule has 0 radical (unpaired) electrons. The predicted octanol–water partition coefficient (Wildman–Crippen LogP) is 2.93. The summed E-state index contributed by atoms with van der Waals surface area (Å²) in [5, 5.41) is 2.73. The highest BCUT2D eigenvalue weighted by atomic mass is 32.2. The molecule has 0 unspecified atom stereocenters. The summed E-state index contributed by atoms with van der Waals surface area (Å²) in [5.74, 6) is -0.0796. The van der Waals surface area contributed by atoms with Crippen LogP contribution < -0.4 is 11.1 Å². The maximum atomic E-state index is 13.1. The minimum absolute atomic E-state index is 0.176. The van der Waals surface area contributed by atoms with Crippen LogP contribution in [0.1, 0.15) is 10.4 Å². The molecule has 0 heterocycles. The van der Waals surface area contributed by atoms with Gasteiger partial charge in [0.2, 0.25) is 0 Å². The second kappa shape index (κ2) is 6.96. The van der Waals surface area contributed by atoms with Crippen LogP contribution in [0.2, 0.25) is 0 Å². The standard InChI is InChI=1S/C15H15FN2OS/c16-11-6-7-14(17)13(10-11)15(19)18-8-9-20-12-4-2-1-3-5-12/h1-7,10H,8-9,17H2,(H,18,19). The first-order valence-electron chi connectivity index (χ1n) is 6.18. The van der Waals surface area contributed by atoms with Crippen molar-refractivity contribution in [3.8, 4) is 0 Å². The summed E-state index contributed by atoms with van der Waals surface area (Å²) in [7, 11) is 0. The molecule has 0 saturated carbocycles.